The molecule has 4 atom stereocenters. The molecular formula is C17H19Br2NO4. The fourth-order valence-electron chi connectivity index (χ4n) is 4.32. The molecule has 130 valence electrons. The average Bonchev–Trinajstić information content (AvgIpc) is 2.89. The molecule has 0 aromatic heterocycles. The van der Waals surface area contributed by atoms with Crippen molar-refractivity contribution in [3.05, 3.63) is 26.6 Å². The van der Waals surface area contributed by atoms with E-state index >= 15 is 0 Å². The van der Waals surface area contributed by atoms with Crippen LogP contribution in [0.3, 0.4) is 0 Å². The van der Waals surface area contributed by atoms with E-state index in [9.17, 15) is 4.79 Å². The summed E-state index contributed by atoms with van der Waals surface area (Å²) in [5.74, 6) is 0.631. The molecule has 0 bridgehead atoms. The third-order valence-corrected chi connectivity index (χ3v) is 6.23. The van der Waals surface area contributed by atoms with Crippen LogP contribution >= 0.6 is 31.9 Å². The maximum Gasteiger partial charge on any atom is 0.311 e. The number of ether oxygens (including phenoxy) is 3. The van der Waals surface area contributed by atoms with E-state index in [1.54, 1.807) is 0 Å². The van der Waals surface area contributed by atoms with Crippen LogP contribution in [0.4, 0.5) is 0 Å². The van der Waals surface area contributed by atoms with Gasteiger partial charge in [-0.3, -0.25) is 9.69 Å². The van der Waals surface area contributed by atoms with Crippen molar-refractivity contribution in [1.29, 1.82) is 0 Å². The SMILES string of the molecule is CCOC(=O)[C@@H]1[C@H]2COc3c(Br)cc(Br)cc3[C@H]2N2CCOC[C@H]12. The first kappa shape index (κ1) is 16.8. The van der Waals surface area contributed by atoms with Crippen molar-refractivity contribution in [2.24, 2.45) is 11.8 Å². The number of rotatable bonds is 2. The Morgan fingerprint density at radius 3 is 3.00 bits per heavy atom. The van der Waals surface area contributed by atoms with Crippen LogP contribution < -0.4 is 4.74 Å². The van der Waals surface area contributed by atoms with Gasteiger partial charge in [0.25, 0.3) is 0 Å². The van der Waals surface area contributed by atoms with E-state index in [1.807, 2.05) is 13.0 Å². The molecule has 3 aliphatic heterocycles. The van der Waals surface area contributed by atoms with Gasteiger partial charge in [0, 0.05) is 34.6 Å². The Hall–Kier alpha value is -0.630. The van der Waals surface area contributed by atoms with Gasteiger partial charge in [0.1, 0.15) is 5.75 Å². The first-order chi connectivity index (χ1) is 11.6. The van der Waals surface area contributed by atoms with E-state index in [0.29, 0.717) is 26.4 Å². The number of nitrogens with zero attached hydrogens (tertiary/aromatic N) is 1. The molecule has 3 aliphatic rings. The predicted octanol–water partition coefficient (Wildman–Crippen LogP) is 3.16. The highest BCUT2D eigenvalue weighted by atomic mass is 79.9. The maximum absolute atomic E-state index is 12.6. The Bertz CT molecular complexity index is 668. The normalized spacial score (nSPS) is 31.6. The monoisotopic (exact) mass is 459 g/mol. The highest BCUT2D eigenvalue weighted by Crippen LogP contribution is 2.53. The lowest BCUT2D eigenvalue weighted by molar-refractivity contribution is -0.152. The lowest BCUT2D eigenvalue weighted by atomic mass is 9.83. The molecule has 0 radical (unpaired) electrons. The molecule has 1 aromatic carbocycles. The van der Waals surface area contributed by atoms with Crippen molar-refractivity contribution in [3.8, 4) is 5.75 Å². The number of fused-ring (bicyclic) bond motifs is 5. The fraction of sp³-hybridized carbons (Fsp3) is 0.588. The van der Waals surface area contributed by atoms with Gasteiger partial charge < -0.3 is 14.2 Å². The third kappa shape index (κ3) is 2.60. The van der Waals surface area contributed by atoms with Crippen LogP contribution in [0.15, 0.2) is 21.1 Å². The van der Waals surface area contributed by atoms with Crippen LogP contribution in [-0.4, -0.2) is 49.9 Å². The summed E-state index contributed by atoms with van der Waals surface area (Å²) < 4.78 is 19.0. The largest absolute Gasteiger partial charge is 0.492 e. The minimum absolute atomic E-state index is 0.0557. The second-order valence-electron chi connectivity index (χ2n) is 6.38. The molecule has 0 aliphatic carbocycles. The Labute approximate surface area is 157 Å². The minimum Gasteiger partial charge on any atom is -0.492 e. The Kier molecular flexibility index (Phi) is 4.62. The van der Waals surface area contributed by atoms with Crippen molar-refractivity contribution >= 4 is 37.8 Å². The smallest absolute Gasteiger partial charge is 0.311 e. The number of carbonyl (C=O) groups is 1. The van der Waals surface area contributed by atoms with Crippen molar-refractivity contribution in [2.75, 3.05) is 33.0 Å². The van der Waals surface area contributed by atoms with Gasteiger partial charge in [0.05, 0.1) is 36.8 Å². The third-order valence-electron chi connectivity index (χ3n) is 5.18. The van der Waals surface area contributed by atoms with Gasteiger partial charge in [-0.25, -0.2) is 0 Å². The van der Waals surface area contributed by atoms with E-state index in [-0.39, 0.29) is 29.9 Å². The zero-order chi connectivity index (χ0) is 16.8. The van der Waals surface area contributed by atoms with Gasteiger partial charge in [0.15, 0.2) is 0 Å². The fourth-order valence-corrected chi connectivity index (χ4v) is 5.70. The molecule has 5 nitrogen and oxygen atoms in total. The molecule has 1 aromatic rings. The van der Waals surface area contributed by atoms with Gasteiger partial charge in [-0.05, 0) is 35.0 Å². The summed E-state index contributed by atoms with van der Waals surface area (Å²) in [5, 5.41) is 0. The zero-order valence-electron chi connectivity index (χ0n) is 13.3. The number of halogens is 2. The summed E-state index contributed by atoms with van der Waals surface area (Å²) >= 11 is 7.17. The lowest BCUT2D eigenvalue weighted by Crippen LogP contribution is -2.46. The van der Waals surface area contributed by atoms with Crippen molar-refractivity contribution in [3.63, 3.8) is 0 Å². The molecule has 0 unspecified atom stereocenters. The van der Waals surface area contributed by atoms with Gasteiger partial charge >= 0.3 is 5.97 Å². The van der Waals surface area contributed by atoms with Crippen LogP contribution in [-0.2, 0) is 14.3 Å². The zero-order valence-corrected chi connectivity index (χ0v) is 16.5. The summed E-state index contributed by atoms with van der Waals surface area (Å²) in [6, 6.07) is 4.32. The van der Waals surface area contributed by atoms with Gasteiger partial charge in [-0.1, -0.05) is 15.9 Å². The Morgan fingerprint density at radius 1 is 1.38 bits per heavy atom. The van der Waals surface area contributed by atoms with Crippen LogP contribution in [0.5, 0.6) is 5.75 Å². The standard InChI is InChI=1S/C17H19Br2NO4/c1-2-23-17(21)14-11-7-24-16-10(5-9(18)6-12(16)19)15(11)20-3-4-22-8-13(14)20/h5-6,11,13-15H,2-4,7-8H2,1H3/t11-,13-,14-,15-/m1/s1. The second kappa shape index (κ2) is 6.59. The summed E-state index contributed by atoms with van der Waals surface area (Å²) in [6.07, 6.45) is 0. The molecular weight excluding hydrogens is 442 g/mol. The van der Waals surface area contributed by atoms with E-state index in [0.717, 1.165) is 26.8 Å². The number of benzene rings is 1. The van der Waals surface area contributed by atoms with Crippen LogP contribution in [0.2, 0.25) is 0 Å². The topological polar surface area (TPSA) is 48.0 Å². The molecule has 0 spiro atoms. The van der Waals surface area contributed by atoms with Crippen LogP contribution in [0.1, 0.15) is 18.5 Å². The van der Waals surface area contributed by atoms with Gasteiger partial charge in [0.2, 0.25) is 0 Å². The number of hydrogen-bond acceptors (Lipinski definition) is 5. The van der Waals surface area contributed by atoms with Crippen LogP contribution in [0.25, 0.3) is 0 Å². The molecule has 0 amide bonds. The van der Waals surface area contributed by atoms with Crippen molar-refractivity contribution in [1.82, 2.24) is 4.90 Å². The molecule has 0 saturated carbocycles. The number of carbonyl (C=O) groups excluding carboxylic acids is 1. The second-order valence-corrected chi connectivity index (χ2v) is 8.15. The van der Waals surface area contributed by atoms with E-state index in [1.165, 1.54) is 0 Å². The minimum atomic E-state index is -0.207. The highest BCUT2D eigenvalue weighted by Gasteiger charge is 2.56. The number of morpholine rings is 1. The summed E-state index contributed by atoms with van der Waals surface area (Å²) in [7, 11) is 0. The molecule has 4 rings (SSSR count). The predicted molar refractivity (Wildman–Crippen MR) is 95.0 cm³/mol. The van der Waals surface area contributed by atoms with E-state index in [2.05, 4.69) is 42.8 Å². The summed E-state index contributed by atoms with van der Waals surface area (Å²) in [5.41, 5.74) is 1.13. The first-order valence-electron chi connectivity index (χ1n) is 8.23. The first-order valence-corrected chi connectivity index (χ1v) is 9.82. The summed E-state index contributed by atoms with van der Waals surface area (Å²) in [4.78, 5) is 15.0. The van der Waals surface area contributed by atoms with Crippen LogP contribution in [0, 0.1) is 11.8 Å². The lowest BCUT2D eigenvalue weighted by Gasteiger charge is -2.37. The van der Waals surface area contributed by atoms with Crippen molar-refractivity contribution < 1.29 is 19.0 Å². The average molecular weight is 461 g/mol. The molecule has 0 N–H and O–H groups in total. The maximum atomic E-state index is 12.6. The Balaban J connectivity index is 1.78. The summed E-state index contributed by atoms with van der Waals surface area (Å²) in [6.45, 7) is 4.86. The molecule has 24 heavy (non-hydrogen) atoms. The molecule has 7 heteroatoms. The molecule has 2 saturated heterocycles. The molecule has 3 heterocycles. The van der Waals surface area contributed by atoms with Crippen molar-refractivity contribution in [2.45, 2.75) is 19.0 Å². The number of hydrogen-bond donors (Lipinski definition) is 0. The Morgan fingerprint density at radius 2 is 2.21 bits per heavy atom. The highest BCUT2D eigenvalue weighted by molar-refractivity contribution is 9.11. The van der Waals surface area contributed by atoms with Gasteiger partial charge in [-0.2, -0.15) is 0 Å². The molecule has 2 fully saturated rings. The van der Waals surface area contributed by atoms with Gasteiger partial charge in [-0.15, -0.1) is 0 Å². The quantitative estimate of drug-likeness (QED) is 0.634. The number of esters is 1. The van der Waals surface area contributed by atoms with E-state index in [4.69, 9.17) is 14.2 Å². The van der Waals surface area contributed by atoms with E-state index < -0.39 is 0 Å².